The number of nitrogens with zero attached hydrogens (tertiary/aromatic N) is 2. The molecule has 0 saturated carbocycles. The molecule has 4 rings (SSSR count). The fraction of sp³-hybridized carbons (Fsp3) is 0.136. The Hall–Kier alpha value is -3.94. The Kier molecular flexibility index (Phi) is 4.83. The molecule has 1 aliphatic heterocycles. The van der Waals surface area contributed by atoms with Crippen molar-refractivity contribution < 1.29 is 28.3 Å². The monoisotopic (exact) mass is 408 g/mol. The number of ketones is 1. The van der Waals surface area contributed by atoms with Crippen LogP contribution in [-0.4, -0.2) is 29.1 Å². The highest BCUT2D eigenvalue weighted by molar-refractivity contribution is 6.51. The number of carbonyl (C=O) groups excluding carboxylic acids is 2. The van der Waals surface area contributed by atoms with Crippen LogP contribution in [-0.2, 0) is 9.59 Å². The molecule has 1 atom stereocenters. The predicted octanol–water partition coefficient (Wildman–Crippen LogP) is 3.76. The summed E-state index contributed by atoms with van der Waals surface area (Å²) in [6, 6.07) is 12.3. The summed E-state index contributed by atoms with van der Waals surface area (Å²) in [5.41, 5.74) is 0.594. The minimum absolute atomic E-state index is 0.138. The van der Waals surface area contributed by atoms with E-state index < -0.39 is 29.3 Å². The Bertz CT molecular complexity index is 1170. The van der Waals surface area contributed by atoms with E-state index in [1.165, 1.54) is 30.2 Å². The number of aliphatic hydroxyl groups excluding tert-OH is 1. The lowest BCUT2D eigenvalue weighted by Gasteiger charge is -2.23. The van der Waals surface area contributed by atoms with Crippen molar-refractivity contribution in [3.63, 3.8) is 0 Å². The number of aryl methyl sites for hydroxylation is 1. The van der Waals surface area contributed by atoms with Gasteiger partial charge in [0.15, 0.2) is 5.82 Å². The van der Waals surface area contributed by atoms with Gasteiger partial charge in [0.2, 0.25) is 0 Å². The molecule has 7 nitrogen and oxygen atoms in total. The van der Waals surface area contributed by atoms with Gasteiger partial charge in [0.1, 0.15) is 23.1 Å². The second-order valence-corrected chi connectivity index (χ2v) is 6.75. The van der Waals surface area contributed by atoms with Crippen LogP contribution in [0.1, 0.15) is 22.9 Å². The van der Waals surface area contributed by atoms with Crippen LogP contribution in [0.3, 0.4) is 0 Å². The minimum atomic E-state index is -0.977. The molecule has 1 amide bonds. The largest absolute Gasteiger partial charge is 0.507 e. The lowest BCUT2D eigenvalue weighted by molar-refractivity contribution is -0.132. The van der Waals surface area contributed by atoms with E-state index in [0.29, 0.717) is 17.1 Å². The van der Waals surface area contributed by atoms with Crippen molar-refractivity contribution in [3.8, 4) is 5.75 Å². The summed E-state index contributed by atoms with van der Waals surface area (Å²) in [5, 5.41) is 14.8. The first-order valence-electron chi connectivity index (χ1n) is 9.05. The Morgan fingerprint density at radius 3 is 2.53 bits per heavy atom. The summed E-state index contributed by atoms with van der Waals surface area (Å²) in [6.07, 6.45) is 0. The molecule has 3 aromatic rings. The van der Waals surface area contributed by atoms with E-state index in [-0.39, 0.29) is 17.0 Å². The van der Waals surface area contributed by atoms with Gasteiger partial charge in [-0.15, -0.1) is 0 Å². The van der Waals surface area contributed by atoms with Crippen LogP contribution in [0.15, 0.2) is 64.7 Å². The van der Waals surface area contributed by atoms with Crippen LogP contribution in [0.5, 0.6) is 5.75 Å². The van der Waals surface area contributed by atoms with E-state index in [1.54, 1.807) is 31.2 Å². The number of anilines is 1. The summed E-state index contributed by atoms with van der Waals surface area (Å²) in [4.78, 5) is 27.0. The van der Waals surface area contributed by atoms with Crippen LogP contribution >= 0.6 is 0 Å². The van der Waals surface area contributed by atoms with Crippen molar-refractivity contribution in [1.29, 1.82) is 0 Å². The first kappa shape index (κ1) is 19.4. The van der Waals surface area contributed by atoms with Crippen LogP contribution < -0.4 is 9.64 Å². The summed E-state index contributed by atoms with van der Waals surface area (Å²) in [6.45, 7) is 1.66. The van der Waals surface area contributed by atoms with Gasteiger partial charge < -0.3 is 14.4 Å². The van der Waals surface area contributed by atoms with Gasteiger partial charge in [-0.1, -0.05) is 17.3 Å². The number of hydrogen-bond donors (Lipinski definition) is 1. The molecular formula is C22H17FN2O5. The number of benzene rings is 2. The van der Waals surface area contributed by atoms with Gasteiger partial charge in [0.25, 0.3) is 5.78 Å². The molecule has 0 aliphatic carbocycles. The Labute approximate surface area is 171 Å². The SMILES string of the molecule is COc1cccc([C@H]2/C(=C(\O)c3ccc(F)cc3)C(=O)C(=O)N2c2cc(C)on2)c1. The second-order valence-electron chi connectivity index (χ2n) is 6.75. The Morgan fingerprint density at radius 2 is 1.90 bits per heavy atom. The molecule has 1 N–H and O–H groups in total. The van der Waals surface area contributed by atoms with Crippen molar-refractivity contribution in [1.82, 2.24) is 5.16 Å². The van der Waals surface area contributed by atoms with Gasteiger partial charge in [0.05, 0.1) is 18.7 Å². The summed E-state index contributed by atoms with van der Waals surface area (Å²) >= 11 is 0. The molecule has 30 heavy (non-hydrogen) atoms. The molecule has 152 valence electrons. The molecule has 2 aromatic carbocycles. The number of hydrogen-bond acceptors (Lipinski definition) is 6. The fourth-order valence-electron chi connectivity index (χ4n) is 3.43. The molecule has 2 heterocycles. The maximum atomic E-state index is 13.3. The number of aliphatic hydroxyl groups is 1. The van der Waals surface area contributed by atoms with E-state index in [9.17, 15) is 19.1 Å². The van der Waals surface area contributed by atoms with Crippen molar-refractivity contribution in [2.45, 2.75) is 13.0 Å². The third-order valence-corrected chi connectivity index (χ3v) is 4.83. The zero-order valence-corrected chi connectivity index (χ0v) is 16.1. The lowest BCUT2D eigenvalue weighted by Crippen LogP contribution is -2.29. The van der Waals surface area contributed by atoms with E-state index >= 15 is 0 Å². The lowest BCUT2D eigenvalue weighted by atomic mass is 9.95. The standard InChI is InChI=1S/C22H17FN2O5/c1-12-10-17(24-30-12)25-19(14-4-3-5-16(11-14)29-2)18(21(27)22(25)28)20(26)13-6-8-15(23)9-7-13/h3-11,19,26H,1-2H3/b20-18+/t19-/m0/s1. The van der Waals surface area contributed by atoms with E-state index in [4.69, 9.17) is 9.26 Å². The first-order chi connectivity index (χ1) is 14.4. The van der Waals surface area contributed by atoms with Gasteiger partial charge in [0, 0.05) is 11.6 Å². The quantitative estimate of drug-likeness (QED) is 0.401. The van der Waals surface area contributed by atoms with Crippen LogP contribution in [0.2, 0.25) is 0 Å². The number of rotatable bonds is 4. The molecule has 0 radical (unpaired) electrons. The van der Waals surface area contributed by atoms with Crippen molar-refractivity contribution in [2.24, 2.45) is 0 Å². The number of ether oxygens (including phenoxy) is 1. The topological polar surface area (TPSA) is 92.9 Å². The third-order valence-electron chi connectivity index (χ3n) is 4.83. The predicted molar refractivity (Wildman–Crippen MR) is 105 cm³/mol. The van der Waals surface area contributed by atoms with Gasteiger partial charge in [-0.2, -0.15) is 0 Å². The Morgan fingerprint density at radius 1 is 1.17 bits per heavy atom. The highest BCUT2D eigenvalue weighted by Gasteiger charge is 2.48. The average Bonchev–Trinajstić information content (AvgIpc) is 3.29. The van der Waals surface area contributed by atoms with Gasteiger partial charge in [-0.25, -0.2) is 4.39 Å². The van der Waals surface area contributed by atoms with E-state index in [2.05, 4.69) is 5.16 Å². The number of halogens is 1. The molecule has 1 aliphatic rings. The van der Waals surface area contributed by atoms with Crippen molar-refractivity contribution >= 4 is 23.3 Å². The maximum absolute atomic E-state index is 13.3. The molecule has 1 saturated heterocycles. The van der Waals surface area contributed by atoms with Crippen LogP contribution in [0.25, 0.3) is 5.76 Å². The zero-order valence-electron chi connectivity index (χ0n) is 16.1. The molecule has 0 spiro atoms. The number of aromatic nitrogens is 1. The van der Waals surface area contributed by atoms with Crippen LogP contribution in [0.4, 0.5) is 10.2 Å². The zero-order chi connectivity index (χ0) is 21.4. The van der Waals surface area contributed by atoms with Gasteiger partial charge >= 0.3 is 5.91 Å². The van der Waals surface area contributed by atoms with Gasteiger partial charge in [-0.05, 0) is 48.9 Å². The number of methoxy groups -OCH3 is 1. The van der Waals surface area contributed by atoms with Crippen molar-refractivity contribution in [3.05, 3.63) is 82.9 Å². The van der Waals surface area contributed by atoms with E-state index in [0.717, 1.165) is 12.1 Å². The van der Waals surface area contributed by atoms with Gasteiger partial charge in [-0.3, -0.25) is 14.5 Å². The summed E-state index contributed by atoms with van der Waals surface area (Å²) < 4.78 is 23.7. The summed E-state index contributed by atoms with van der Waals surface area (Å²) in [7, 11) is 1.50. The molecule has 8 heteroatoms. The number of amides is 1. The minimum Gasteiger partial charge on any atom is -0.507 e. The smallest absolute Gasteiger partial charge is 0.301 e. The normalized spacial score (nSPS) is 18.1. The second kappa shape index (κ2) is 7.47. The Balaban J connectivity index is 1.95. The molecule has 0 bridgehead atoms. The first-order valence-corrected chi connectivity index (χ1v) is 9.05. The third kappa shape index (κ3) is 3.22. The maximum Gasteiger partial charge on any atom is 0.301 e. The molecule has 0 unspecified atom stereocenters. The molecule has 1 fully saturated rings. The highest BCUT2D eigenvalue weighted by Crippen LogP contribution is 2.42. The van der Waals surface area contributed by atoms with Crippen LogP contribution in [0, 0.1) is 12.7 Å². The molecular weight excluding hydrogens is 391 g/mol. The fourth-order valence-corrected chi connectivity index (χ4v) is 3.43. The molecule has 1 aromatic heterocycles. The highest BCUT2D eigenvalue weighted by atomic mass is 19.1. The average molecular weight is 408 g/mol. The number of carbonyl (C=O) groups is 2. The summed E-state index contributed by atoms with van der Waals surface area (Å²) in [5.74, 6) is -1.55. The van der Waals surface area contributed by atoms with E-state index in [1.807, 2.05) is 0 Å². The number of Topliss-reactive ketones (excluding diaryl/α,β-unsaturated/α-hetero) is 1. The van der Waals surface area contributed by atoms with Crippen molar-refractivity contribution in [2.75, 3.05) is 12.0 Å².